The molecule has 1 amide bonds. The van der Waals surface area contributed by atoms with Crippen LogP contribution < -0.4 is 10.6 Å². The van der Waals surface area contributed by atoms with E-state index >= 15 is 0 Å². The van der Waals surface area contributed by atoms with E-state index in [0.717, 1.165) is 29.5 Å². The number of aliphatic imine (C=N–C) groups is 1. The van der Waals surface area contributed by atoms with Crippen molar-refractivity contribution in [3.8, 4) is 0 Å². The summed E-state index contributed by atoms with van der Waals surface area (Å²) in [7, 11) is 3.50. The summed E-state index contributed by atoms with van der Waals surface area (Å²) in [4.78, 5) is 22.4. The third kappa shape index (κ3) is 10.4. The van der Waals surface area contributed by atoms with Gasteiger partial charge in [0.05, 0.1) is 6.54 Å². The van der Waals surface area contributed by atoms with Gasteiger partial charge < -0.3 is 24.8 Å². The highest BCUT2D eigenvalue weighted by Gasteiger charge is 2.19. The molecular formula is C24H39IN6O2. The smallest absolute Gasteiger partial charge is 0.410 e. The number of rotatable bonds is 8. The van der Waals surface area contributed by atoms with E-state index in [0.29, 0.717) is 25.6 Å². The third-order valence-electron chi connectivity index (χ3n) is 4.61. The highest BCUT2D eigenvalue weighted by molar-refractivity contribution is 14.0. The molecule has 1 aromatic carbocycles. The van der Waals surface area contributed by atoms with Crippen molar-refractivity contribution >= 4 is 36.0 Å². The molecule has 0 saturated carbocycles. The highest BCUT2D eigenvalue weighted by Crippen LogP contribution is 2.12. The van der Waals surface area contributed by atoms with Crippen molar-refractivity contribution in [1.29, 1.82) is 0 Å². The molecule has 0 fully saturated rings. The molecule has 2 aromatic rings. The number of hydrogen-bond donors (Lipinski definition) is 2. The Bertz CT molecular complexity index is 887. The summed E-state index contributed by atoms with van der Waals surface area (Å²) in [5.41, 5.74) is 1.67. The predicted molar refractivity (Wildman–Crippen MR) is 144 cm³/mol. The first-order valence-electron chi connectivity index (χ1n) is 11.0. The summed E-state index contributed by atoms with van der Waals surface area (Å²) in [5, 5.41) is 6.65. The van der Waals surface area contributed by atoms with Crippen LogP contribution in [0.15, 0.2) is 41.7 Å². The minimum Gasteiger partial charge on any atom is -0.444 e. The van der Waals surface area contributed by atoms with Crippen LogP contribution in [0.5, 0.6) is 0 Å². The molecule has 0 aliphatic rings. The standard InChI is InChI=1S/C24H38N6O2.HI/c1-18(2)16-30-13-12-26-21(30)15-28-22(25-6)27-14-19-8-10-20(11-9-19)17-29(7)23(31)32-24(3,4)5;/h8-13,18H,14-17H2,1-7H3,(H2,25,27,28);1H. The van der Waals surface area contributed by atoms with E-state index in [9.17, 15) is 4.79 Å². The molecule has 1 heterocycles. The predicted octanol–water partition coefficient (Wildman–Crippen LogP) is 4.39. The number of halogens is 1. The first kappa shape index (κ1) is 28.7. The fourth-order valence-electron chi connectivity index (χ4n) is 3.08. The minimum absolute atomic E-state index is 0. The summed E-state index contributed by atoms with van der Waals surface area (Å²) in [6, 6.07) is 8.15. The normalized spacial score (nSPS) is 11.7. The molecule has 0 radical (unpaired) electrons. The lowest BCUT2D eigenvalue weighted by Crippen LogP contribution is -2.37. The van der Waals surface area contributed by atoms with Gasteiger partial charge in [-0.25, -0.2) is 9.78 Å². The number of nitrogens with zero attached hydrogens (tertiary/aromatic N) is 4. The third-order valence-corrected chi connectivity index (χ3v) is 4.61. The highest BCUT2D eigenvalue weighted by atomic mass is 127. The van der Waals surface area contributed by atoms with Gasteiger partial charge in [-0.3, -0.25) is 4.99 Å². The Balaban J connectivity index is 0.00000544. The molecule has 9 heteroatoms. The fourth-order valence-corrected chi connectivity index (χ4v) is 3.08. The van der Waals surface area contributed by atoms with Gasteiger partial charge in [0.25, 0.3) is 0 Å². The maximum Gasteiger partial charge on any atom is 0.410 e. The number of hydrogen-bond acceptors (Lipinski definition) is 4. The molecule has 0 saturated heterocycles. The molecule has 0 unspecified atom stereocenters. The largest absolute Gasteiger partial charge is 0.444 e. The Morgan fingerprint density at radius 3 is 2.33 bits per heavy atom. The van der Waals surface area contributed by atoms with Gasteiger partial charge in [0.15, 0.2) is 5.96 Å². The molecule has 0 aliphatic carbocycles. The monoisotopic (exact) mass is 570 g/mol. The Kier molecular flexibility index (Phi) is 11.7. The van der Waals surface area contributed by atoms with Gasteiger partial charge >= 0.3 is 6.09 Å². The molecule has 0 spiro atoms. The van der Waals surface area contributed by atoms with Gasteiger partial charge in [0.2, 0.25) is 0 Å². The van der Waals surface area contributed by atoms with E-state index in [-0.39, 0.29) is 30.1 Å². The lowest BCUT2D eigenvalue weighted by Gasteiger charge is -2.24. The van der Waals surface area contributed by atoms with Gasteiger partial charge in [-0.05, 0) is 37.8 Å². The number of guanidine groups is 1. The van der Waals surface area contributed by atoms with E-state index in [1.54, 1.807) is 19.0 Å². The van der Waals surface area contributed by atoms with Crippen molar-refractivity contribution in [2.24, 2.45) is 10.9 Å². The van der Waals surface area contributed by atoms with Gasteiger partial charge in [0.1, 0.15) is 11.4 Å². The van der Waals surface area contributed by atoms with Gasteiger partial charge in [0, 0.05) is 46.1 Å². The SMILES string of the molecule is CN=C(NCc1ccc(CN(C)C(=O)OC(C)(C)C)cc1)NCc1nccn1CC(C)C.I. The van der Waals surface area contributed by atoms with Crippen LogP contribution >= 0.6 is 24.0 Å². The van der Waals surface area contributed by atoms with Crippen molar-refractivity contribution in [1.82, 2.24) is 25.1 Å². The van der Waals surface area contributed by atoms with E-state index < -0.39 is 5.60 Å². The Morgan fingerprint density at radius 1 is 1.15 bits per heavy atom. The zero-order valence-electron chi connectivity index (χ0n) is 20.9. The fraction of sp³-hybridized carbons (Fsp3) is 0.542. The second kappa shape index (κ2) is 13.4. The van der Waals surface area contributed by atoms with Crippen LogP contribution in [-0.2, 0) is 30.9 Å². The molecule has 1 aromatic heterocycles. The number of imidazole rings is 1. The number of aromatic nitrogens is 2. The Morgan fingerprint density at radius 2 is 1.76 bits per heavy atom. The number of amides is 1. The molecule has 2 N–H and O–H groups in total. The second-order valence-electron chi connectivity index (χ2n) is 9.32. The average Bonchev–Trinajstić information content (AvgIpc) is 3.14. The number of ether oxygens (including phenoxy) is 1. The lowest BCUT2D eigenvalue weighted by molar-refractivity contribution is 0.0285. The van der Waals surface area contributed by atoms with Crippen LogP contribution in [0.2, 0.25) is 0 Å². The van der Waals surface area contributed by atoms with Crippen LogP contribution in [-0.4, -0.2) is 46.2 Å². The number of nitrogens with one attached hydrogen (secondary N) is 2. The summed E-state index contributed by atoms with van der Waals surface area (Å²) < 4.78 is 7.56. The molecule has 184 valence electrons. The van der Waals surface area contributed by atoms with Crippen molar-refractivity contribution in [3.63, 3.8) is 0 Å². The van der Waals surface area contributed by atoms with Crippen LogP contribution in [0.25, 0.3) is 0 Å². The van der Waals surface area contributed by atoms with E-state index in [2.05, 4.69) is 39.0 Å². The molecule has 0 aliphatic heterocycles. The molecule has 2 rings (SSSR count). The minimum atomic E-state index is -0.499. The number of benzene rings is 1. The topological polar surface area (TPSA) is 83.8 Å². The van der Waals surface area contributed by atoms with Gasteiger partial charge in [-0.1, -0.05) is 38.1 Å². The van der Waals surface area contributed by atoms with Crippen molar-refractivity contribution < 1.29 is 9.53 Å². The van der Waals surface area contributed by atoms with Crippen molar-refractivity contribution in [2.45, 2.75) is 66.4 Å². The molecule has 33 heavy (non-hydrogen) atoms. The molecule has 8 nitrogen and oxygen atoms in total. The molecule has 0 bridgehead atoms. The average molecular weight is 571 g/mol. The second-order valence-corrected chi connectivity index (χ2v) is 9.32. The van der Waals surface area contributed by atoms with Crippen LogP contribution in [0.4, 0.5) is 4.79 Å². The Labute approximate surface area is 215 Å². The van der Waals surface area contributed by atoms with E-state index in [4.69, 9.17) is 4.74 Å². The number of carbonyl (C=O) groups excluding carboxylic acids is 1. The van der Waals surface area contributed by atoms with Gasteiger partial charge in [-0.2, -0.15) is 0 Å². The lowest BCUT2D eigenvalue weighted by atomic mass is 10.1. The summed E-state index contributed by atoms with van der Waals surface area (Å²) in [5.74, 6) is 2.27. The quantitative estimate of drug-likeness (QED) is 0.280. The first-order chi connectivity index (χ1) is 15.1. The van der Waals surface area contributed by atoms with E-state index in [1.165, 1.54) is 0 Å². The summed E-state index contributed by atoms with van der Waals surface area (Å²) >= 11 is 0. The first-order valence-corrected chi connectivity index (χ1v) is 11.0. The Hall–Kier alpha value is -2.30. The maximum absolute atomic E-state index is 12.1. The number of carbonyl (C=O) groups is 1. The van der Waals surface area contributed by atoms with Gasteiger partial charge in [-0.15, -0.1) is 24.0 Å². The van der Waals surface area contributed by atoms with Crippen LogP contribution in [0, 0.1) is 5.92 Å². The van der Waals surface area contributed by atoms with E-state index in [1.807, 2.05) is 57.4 Å². The summed E-state index contributed by atoms with van der Waals surface area (Å²) in [6.45, 7) is 12.7. The zero-order chi connectivity index (χ0) is 23.7. The summed E-state index contributed by atoms with van der Waals surface area (Å²) in [6.07, 6.45) is 3.51. The van der Waals surface area contributed by atoms with Crippen molar-refractivity contribution in [3.05, 3.63) is 53.6 Å². The molecule has 0 atom stereocenters. The molecular weight excluding hydrogens is 531 g/mol. The van der Waals surface area contributed by atoms with Crippen LogP contribution in [0.3, 0.4) is 0 Å². The zero-order valence-corrected chi connectivity index (χ0v) is 23.2. The maximum atomic E-state index is 12.1. The van der Waals surface area contributed by atoms with Crippen LogP contribution in [0.1, 0.15) is 51.6 Å². The van der Waals surface area contributed by atoms with Crippen molar-refractivity contribution in [2.75, 3.05) is 14.1 Å².